The van der Waals surface area contributed by atoms with Gasteiger partial charge in [-0.05, 0) is 51.3 Å². The number of benzene rings is 1. The van der Waals surface area contributed by atoms with Crippen LogP contribution in [-0.2, 0) is 21.2 Å². The van der Waals surface area contributed by atoms with Crippen LogP contribution in [0, 0.1) is 13.8 Å². The third-order valence-corrected chi connectivity index (χ3v) is 7.31. The van der Waals surface area contributed by atoms with E-state index in [9.17, 15) is 13.2 Å². The van der Waals surface area contributed by atoms with Crippen LogP contribution >= 0.6 is 11.6 Å². The van der Waals surface area contributed by atoms with Gasteiger partial charge in [0.15, 0.2) is 0 Å². The van der Waals surface area contributed by atoms with Gasteiger partial charge in [0.05, 0.1) is 10.7 Å². The molecule has 0 radical (unpaired) electrons. The number of anilines is 1. The van der Waals surface area contributed by atoms with E-state index in [0.717, 1.165) is 30.5 Å². The molecular weight excluding hydrogens is 402 g/mol. The Morgan fingerprint density at radius 2 is 1.96 bits per heavy atom. The van der Waals surface area contributed by atoms with E-state index in [-0.39, 0.29) is 22.2 Å². The molecule has 1 aliphatic rings. The van der Waals surface area contributed by atoms with E-state index in [1.807, 2.05) is 13.8 Å². The average Bonchev–Trinajstić information content (AvgIpc) is 3.00. The molecule has 2 heterocycles. The van der Waals surface area contributed by atoms with Crippen molar-refractivity contribution in [2.45, 2.75) is 50.8 Å². The number of piperidine rings is 1. The Labute approximate surface area is 170 Å². The molecule has 1 aliphatic heterocycles. The van der Waals surface area contributed by atoms with Gasteiger partial charge >= 0.3 is 0 Å². The van der Waals surface area contributed by atoms with Crippen molar-refractivity contribution in [3.05, 3.63) is 40.2 Å². The van der Waals surface area contributed by atoms with Crippen molar-refractivity contribution in [2.24, 2.45) is 0 Å². The highest BCUT2D eigenvalue weighted by Gasteiger charge is 2.28. The Hall–Kier alpha value is -1.90. The van der Waals surface area contributed by atoms with Crippen LogP contribution in [0.1, 0.15) is 42.7 Å². The Morgan fingerprint density at radius 3 is 2.61 bits per heavy atom. The molecule has 0 aliphatic carbocycles. The average molecular weight is 426 g/mol. The minimum Gasteiger partial charge on any atom is -0.361 e. The van der Waals surface area contributed by atoms with Gasteiger partial charge < -0.3 is 9.84 Å². The summed E-state index contributed by atoms with van der Waals surface area (Å²) in [5, 5.41) is 6.78. The van der Waals surface area contributed by atoms with Gasteiger partial charge in [0, 0.05) is 30.8 Å². The van der Waals surface area contributed by atoms with Crippen molar-refractivity contribution < 1.29 is 17.7 Å². The summed E-state index contributed by atoms with van der Waals surface area (Å²) < 4.78 is 32.4. The predicted octanol–water partition coefficient (Wildman–Crippen LogP) is 3.69. The molecule has 0 spiro atoms. The molecule has 3 rings (SSSR count). The van der Waals surface area contributed by atoms with Crippen molar-refractivity contribution in [2.75, 3.05) is 18.4 Å². The smallest absolute Gasteiger partial charge is 0.244 e. The fourth-order valence-corrected chi connectivity index (χ4v) is 5.36. The third kappa shape index (κ3) is 4.56. The second-order valence-corrected chi connectivity index (χ2v) is 9.27. The second kappa shape index (κ2) is 8.63. The van der Waals surface area contributed by atoms with Gasteiger partial charge in [0.25, 0.3) is 0 Å². The summed E-state index contributed by atoms with van der Waals surface area (Å²) in [6.07, 6.45) is 3.45. The molecule has 1 fully saturated rings. The number of nitrogens with zero attached hydrogens (tertiary/aromatic N) is 2. The van der Waals surface area contributed by atoms with Gasteiger partial charge in [-0.15, -0.1) is 0 Å². The first-order valence-electron chi connectivity index (χ1n) is 9.30. The summed E-state index contributed by atoms with van der Waals surface area (Å²) in [4.78, 5) is 12.4. The van der Waals surface area contributed by atoms with Crippen LogP contribution in [0.3, 0.4) is 0 Å². The molecule has 152 valence electrons. The molecule has 1 aromatic carbocycles. The van der Waals surface area contributed by atoms with Gasteiger partial charge in [-0.25, -0.2) is 8.42 Å². The molecule has 0 saturated carbocycles. The van der Waals surface area contributed by atoms with Crippen LogP contribution in [0.25, 0.3) is 0 Å². The molecule has 1 amide bonds. The fraction of sp³-hybridized carbons (Fsp3) is 0.474. The molecule has 0 bridgehead atoms. The molecule has 7 nitrogen and oxygen atoms in total. The maximum absolute atomic E-state index is 12.9. The lowest BCUT2D eigenvalue weighted by atomic mass is 10.1. The van der Waals surface area contributed by atoms with Crippen LogP contribution in [0.5, 0.6) is 0 Å². The maximum Gasteiger partial charge on any atom is 0.244 e. The number of amides is 1. The van der Waals surface area contributed by atoms with Crippen LogP contribution < -0.4 is 5.32 Å². The van der Waals surface area contributed by atoms with E-state index in [0.29, 0.717) is 31.0 Å². The first-order valence-corrected chi connectivity index (χ1v) is 11.1. The summed E-state index contributed by atoms with van der Waals surface area (Å²) >= 11 is 6.16. The van der Waals surface area contributed by atoms with Gasteiger partial charge in [-0.3, -0.25) is 4.79 Å². The van der Waals surface area contributed by atoms with E-state index >= 15 is 0 Å². The normalized spacial score (nSPS) is 15.5. The molecule has 2 aromatic rings. The summed E-state index contributed by atoms with van der Waals surface area (Å²) in [5.41, 5.74) is 2.09. The minimum atomic E-state index is -3.68. The Balaban J connectivity index is 1.71. The highest BCUT2D eigenvalue weighted by atomic mass is 35.5. The highest BCUT2D eigenvalue weighted by Crippen LogP contribution is 2.29. The lowest BCUT2D eigenvalue weighted by molar-refractivity contribution is -0.116. The molecular formula is C19H24ClN3O4S. The number of rotatable bonds is 6. The zero-order valence-electron chi connectivity index (χ0n) is 16.0. The Bertz CT molecular complexity index is 946. The molecule has 1 N–H and O–H groups in total. The molecule has 9 heteroatoms. The quantitative estimate of drug-likeness (QED) is 0.761. The van der Waals surface area contributed by atoms with Gasteiger partial charge in [0.2, 0.25) is 15.9 Å². The van der Waals surface area contributed by atoms with E-state index in [1.54, 1.807) is 6.07 Å². The fourth-order valence-electron chi connectivity index (χ4n) is 3.34. The number of aryl methyl sites for hydroxylation is 2. The zero-order valence-corrected chi connectivity index (χ0v) is 17.6. The standard InChI is InChI=1S/C19H24ClN3O4S/c1-13-16(14(2)27-22-13)7-9-19(24)21-15-6-8-17(20)18(12-15)28(25,26)23-10-4-3-5-11-23/h6,8,12H,3-5,7,9-11H2,1-2H3,(H,21,24). The monoisotopic (exact) mass is 425 g/mol. The lowest BCUT2D eigenvalue weighted by Crippen LogP contribution is -2.35. The van der Waals surface area contributed by atoms with E-state index < -0.39 is 10.0 Å². The number of hydrogen-bond acceptors (Lipinski definition) is 5. The maximum atomic E-state index is 12.9. The van der Waals surface area contributed by atoms with Gasteiger partial charge in [-0.1, -0.05) is 23.2 Å². The van der Waals surface area contributed by atoms with Crippen LogP contribution in [-0.4, -0.2) is 36.9 Å². The largest absolute Gasteiger partial charge is 0.361 e. The number of aromatic nitrogens is 1. The molecule has 1 aromatic heterocycles. The first kappa shape index (κ1) is 20.8. The number of hydrogen-bond donors (Lipinski definition) is 1. The zero-order chi connectivity index (χ0) is 20.3. The Morgan fingerprint density at radius 1 is 1.25 bits per heavy atom. The minimum absolute atomic E-state index is 0.0274. The number of carbonyl (C=O) groups excluding carboxylic acids is 1. The third-order valence-electron chi connectivity index (χ3n) is 4.93. The number of carbonyl (C=O) groups is 1. The first-order chi connectivity index (χ1) is 13.3. The van der Waals surface area contributed by atoms with Crippen molar-refractivity contribution in [1.29, 1.82) is 0 Å². The van der Waals surface area contributed by atoms with Gasteiger partial charge in [0.1, 0.15) is 10.7 Å². The van der Waals surface area contributed by atoms with Crippen molar-refractivity contribution in [3.8, 4) is 0 Å². The predicted molar refractivity (Wildman–Crippen MR) is 107 cm³/mol. The van der Waals surface area contributed by atoms with Crippen molar-refractivity contribution in [3.63, 3.8) is 0 Å². The summed E-state index contributed by atoms with van der Waals surface area (Å²) in [6, 6.07) is 4.54. The molecule has 1 saturated heterocycles. The van der Waals surface area contributed by atoms with E-state index in [4.69, 9.17) is 16.1 Å². The molecule has 28 heavy (non-hydrogen) atoms. The van der Waals surface area contributed by atoms with E-state index in [2.05, 4.69) is 10.5 Å². The van der Waals surface area contributed by atoms with E-state index in [1.165, 1.54) is 16.4 Å². The summed E-state index contributed by atoms with van der Waals surface area (Å²) in [5.74, 6) is 0.482. The SMILES string of the molecule is Cc1noc(C)c1CCC(=O)Nc1ccc(Cl)c(S(=O)(=O)N2CCCCC2)c1. The van der Waals surface area contributed by atoms with Crippen LogP contribution in [0.15, 0.2) is 27.6 Å². The lowest BCUT2D eigenvalue weighted by Gasteiger charge is -2.26. The van der Waals surface area contributed by atoms with Crippen LogP contribution in [0.2, 0.25) is 5.02 Å². The number of halogens is 1. The number of nitrogens with one attached hydrogen (secondary N) is 1. The highest BCUT2D eigenvalue weighted by molar-refractivity contribution is 7.89. The molecule has 0 unspecified atom stereocenters. The summed E-state index contributed by atoms with van der Waals surface area (Å²) in [6.45, 7) is 4.63. The Kier molecular flexibility index (Phi) is 6.42. The topological polar surface area (TPSA) is 92.5 Å². The van der Waals surface area contributed by atoms with Crippen molar-refractivity contribution >= 4 is 33.2 Å². The number of sulfonamides is 1. The van der Waals surface area contributed by atoms with Crippen molar-refractivity contribution in [1.82, 2.24) is 9.46 Å². The summed E-state index contributed by atoms with van der Waals surface area (Å²) in [7, 11) is -3.68. The van der Waals surface area contributed by atoms with Crippen LogP contribution in [0.4, 0.5) is 5.69 Å². The van der Waals surface area contributed by atoms with Gasteiger partial charge in [-0.2, -0.15) is 4.31 Å². The molecule has 0 atom stereocenters. The second-order valence-electron chi connectivity index (χ2n) is 6.96.